The van der Waals surface area contributed by atoms with Crippen molar-refractivity contribution < 1.29 is 4.74 Å². The molecule has 1 aromatic heterocycles. The maximum atomic E-state index is 5.32. The minimum atomic E-state index is 0.443. The summed E-state index contributed by atoms with van der Waals surface area (Å²) in [5, 5.41) is 0. The van der Waals surface area contributed by atoms with Crippen LogP contribution < -0.4 is 0 Å². The van der Waals surface area contributed by atoms with E-state index in [0.717, 1.165) is 13.2 Å². The monoisotopic (exact) mass is 165 g/mol. The van der Waals surface area contributed by atoms with E-state index in [2.05, 4.69) is 18.0 Å². The topological polar surface area (TPSA) is 22.1 Å². The zero-order valence-electron chi connectivity index (χ0n) is 7.66. The Labute approximate surface area is 73.6 Å². The van der Waals surface area contributed by atoms with Gasteiger partial charge in [0.25, 0.3) is 0 Å². The molecule has 0 spiro atoms. The minimum Gasteiger partial charge on any atom is -0.381 e. The molecular weight excluding hydrogens is 150 g/mol. The molecule has 2 nitrogen and oxygen atoms in total. The molecule has 0 fully saturated rings. The number of pyridine rings is 1. The van der Waals surface area contributed by atoms with E-state index >= 15 is 0 Å². The van der Waals surface area contributed by atoms with Crippen molar-refractivity contribution in [3.63, 3.8) is 0 Å². The normalized spacial score (nSPS) is 12.8. The van der Waals surface area contributed by atoms with Gasteiger partial charge in [-0.15, -0.1) is 0 Å². The summed E-state index contributed by atoms with van der Waals surface area (Å²) in [6.07, 6.45) is 3.68. The van der Waals surface area contributed by atoms with E-state index in [1.54, 1.807) is 6.20 Å². The van der Waals surface area contributed by atoms with E-state index in [1.165, 1.54) is 5.56 Å². The van der Waals surface area contributed by atoms with Gasteiger partial charge in [-0.1, -0.05) is 13.0 Å². The largest absolute Gasteiger partial charge is 0.381 e. The van der Waals surface area contributed by atoms with Gasteiger partial charge in [-0.3, -0.25) is 4.98 Å². The van der Waals surface area contributed by atoms with Crippen molar-refractivity contribution in [1.82, 2.24) is 4.98 Å². The molecule has 0 aliphatic rings. The lowest BCUT2D eigenvalue weighted by Crippen LogP contribution is -2.04. The average molecular weight is 165 g/mol. The Morgan fingerprint density at radius 1 is 1.58 bits per heavy atom. The summed E-state index contributed by atoms with van der Waals surface area (Å²) in [7, 11) is 0. The Bertz CT molecular complexity index is 210. The van der Waals surface area contributed by atoms with Crippen molar-refractivity contribution in [2.45, 2.75) is 19.8 Å². The first-order valence-corrected chi connectivity index (χ1v) is 4.32. The Balaban J connectivity index is 2.48. The Hall–Kier alpha value is -0.890. The zero-order valence-corrected chi connectivity index (χ0v) is 7.66. The summed E-state index contributed by atoms with van der Waals surface area (Å²) in [5.74, 6) is 0.443. The SMILES string of the molecule is CCOCC(C)c1cccnc1. The molecular formula is C10H15NO. The number of hydrogen-bond acceptors (Lipinski definition) is 2. The molecule has 0 saturated heterocycles. The Morgan fingerprint density at radius 3 is 3.00 bits per heavy atom. The molecule has 1 rings (SSSR count). The first-order valence-electron chi connectivity index (χ1n) is 4.32. The fraction of sp³-hybridized carbons (Fsp3) is 0.500. The highest BCUT2D eigenvalue weighted by molar-refractivity contribution is 5.13. The second-order valence-electron chi connectivity index (χ2n) is 2.85. The summed E-state index contributed by atoms with van der Waals surface area (Å²) in [5.41, 5.74) is 1.24. The standard InChI is InChI=1S/C10H15NO/c1-3-12-8-9(2)10-5-4-6-11-7-10/h4-7,9H,3,8H2,1-2H3. The van der Waals surface area contributed by atoms with E-state index in [1.807, 2.05) is 19.2 Å². The Kier molecular flexibility index (Phi) is 3.74. The van der Waals surface area contributed by atoms with Crippen LogP contribution in [-0.4, -0.2) is 18.2 Å². The van der Waals surface area contributed by atoms with Gasteiger partial charge in [-0.2, -0.15) is 0 Å². The van der Waals surface area contributed by atoms with Crippen LogP contribution in [0.3, 0.4) is 0 Å². The van der Waals surface area contributed by atoms with Gasteiger partial charge in [-0.25, -0.2) is 0 Å². The molecule has 1 atom stereocenters. The average Bonchev–Trinajstić information content (AvgIpc) is 2.15. The van der Waals surface area contributed by atoms with E-state index in [0.29, 0.717) is 5.92 Å². The molecule has 0 radical (unpaired) electrons. The van der Waals surface area contributed by atoms with Crippen LogP contribution in [0.5, 0.6) is 0 Å². The summed E-state index contributed by atoms with van der Waals surface area (Å²) < 4.78 is 5.32. The maximum absolute atomic E-state index is 5.32. The van der Waals surface area contributed by atoms with Crippen molar-refractivity contribution in [3.8, 4) is 0 Å². The smallest absolute Gasteiger partial charge is 0.0532 e. The van der Waals surface area contributed by atoms with E-state index in [9.17, 15) is 0 Å². The van der Waals surface area contributed by atoms with Crippen LogP contribution in [0.25, 0.3) is 0 Å². The third-order valence-corrected chi connectivity index (χ3v) is 1.83. The molecule has 2 heteroatoms. The van der Waals surface area contributed by atoms with Crippen LogP contribution in [0.2, 0.25) is 0 Å². The number of aromatic nitrogens is 1. The van der Waals surface area contributed by atoms with Crippen LogP contribution >= 0.6 is 0 Å². The van der Waals surface area contributed by atoms with E-state index in [4.69, 9.17) is 4.74 Å². The lowest BCUT2D eigenvalue weighted by molar-refractivity contribution is 0.136. The number of hydrogen-bond donors (Lipinski definition) is 0. The fourth-order valence-corrected chi connectivity index (χ4v) is 1.06. The van der Waals surface area contributed by atoms with Gasteiger partial charge in [0, 0.05) is 24.9 Å². The highest BCUT2D eigenvalue weighted by Crippen LogP contribution is 2.12. The summed E-state index contributed by atoms with van der Waals surface area (Å²) >= 11 is 0. The fourth-order valence-electron chi connectivity index (χ4n) is 1.06. The predicted molar refractivity (Wildman–Crippen MR) is 49.1 cm³/mol. The molecule has 1 heterocycles. The number of ether oxygens (including phenoxy) is 1. The van der Waals surface area contributed by atoms with Crippen molar-refractivity contribution in [1.29, 1.82) is 0 Å². The van der Waals surface area contributed by atoms with Gasteiger partial charge < -0.3 is 4.74 Å². The minimum absolute atomic E-state index is 0.443. The molecule has 0 aliphatic carbocycles. The second-order valence-corrected chi connectivity index (χ2v) is 2.85. The molecule has 0 saturated carbocycles. The van der Waals surface area contributed by atoms with E-state index in [-0.39, 0.29) is 0 Å². The van der Waals surface area contributed by atoms with Crippen molar-refractivity contribution >= 4 is 0 Å². The lowest BCUT2D eigenvalue weighted by atomic mass is 10.1. The molecule has 12 heavy (non-hydrogen) atoms. The number of nitrogens with zero attached hydrogens (tertiary/aromatic N) is 1. The van der Waals surface area contributed by atoms with Gasteiger partial charge in [0.05, 0.1) is 6.61 Å². The third-order valence-electron chi connectivity index (χ3n) is 1.83. The highest BCUT2D eigenvalue weighted by atomic mass is 16.5. The van der Waals surface area contributed by atoms with Crippen molar-refractivity contribution in [3.05, 3.63) is 30.1 Å². The van der Waals surface area contributed by atoms with Crippen LogP contribution in [-0.2, 0) is 4.74 Å². The summed E-state index contributed by atoms with van der Waals surface area (Å²) in [6.45, 7) is 5.72. The molecule has 0 aromatic carbocycles. The molecule has 1 aromatic rings. The molecule has 1 unspecified atom stereocenters. The first-order chi connectivity index (χ1) is 5.84. The maximum Gasteiger partial charge on any atom is 0.0532 e. The quantitative estimate of drug-likeness (QED) is 0.682. The molecule has 0 bridgehead atoms. The van der Waals surface area contributed by atoms with Gasteiger partial charge >= 0.3 is 0 Å². The van der Waals surface area contributed by atoms with Gasteiger partial charge in [0.1, 0.15) is 0 Å². The van der Waals surface area contributed by atoms with Crippen LogP contribution in [0.15, 0.2) is 24.5 Å². The predicted octanol–water partition coefficient (Wildman–Crippen LogP) is 2.22. The highest BCUT2D eigenvalue weighted by Gasteiger charge is 2.03. The summed E-state index contributed by atoms with van der Waals surface area (Å²) in [4.78, 5) is 4.06. The van der Waals surface area contributed by atoms with Crippen molar-refractivity contribution in [2.24, 2.45) is 0 Å². The Morgan fingerprint density at radius 2 is 2.42 bits per heavy atom. The van der Waals surface area contributed by atoms with Crippen LogP contribution in [0, 0.1) is 0 Å². The zero-order chi connectivity index (χ0) is 8.81. The second kappa shape index (κ2) is 4.88. The van der Waals surface area contributed by atoms with E-state index < -0.39 is 0 Å². The van der Waals surface area contributed by atoms with Crippen molar-refractivity contribution in [2.75, 3.05) is 13.2 Å². The third kappa shape index (κ3) is 2.62. The van der Waals surface area contributed by atoms with Crippen LogP contribution in [0.1, 0.15) is 25.3 Å². The van der Waals surface area contributed by atoms with Gasteiger partial charge in [-0.05, 0) is 18.6 Å². The lowest BCUT2D eigenvalue weighted by Gasteiger charge is -2.10. The summed E-state index contributed by atoms with van der Waals surface area (Å²) in [6, 6.07) is 4.04. The molecule has 0 amide bonds. The molecule has 0 N–H and O–H groups in total. The number of rotatable bonds is 4. The van der Waals surface area contributed by atoms with Gasteiger partial charge in [0.15, 0.2) is 0 Å². The molecule has 0 aliphatic heterocycles. The first kappa shape index (κ1) is 9.20. The van der Waals surface area contributed by atoms with Gasteiger partial charge in [0.2, 0.25) is 0 Å². The van der Waals surface area contributed by atoms with Crippen LogP contribution in [0.4, 0.5) is 0 Å². The molecule has 66 valence electrons.